The Morgan fingerprint density at radius 3 is 2.59 bits per heavy atom. The first-order valence-corrected chi connectivity index (χ1v) is 12.6. The molecule has 2 aromatic carbocycles. The molecule has 29 heavy (non-hydrogen) atoms. The average molecular weight is 459 g/mol. The van der Waals surface area contributed by atoms with E-state index < -0.39 is 20.0 Å². The predicted octanol–water partition coefficient (Wildman–Crippen LogP) is 3.64. The van der Waals surface area contributed by atoms with E-state index in [2.05, 4.69) is 4.72 Å². The van der Waals surface area contributed by atoms with Gasteiger partial charge < -0.3 is 4.74 Å². The van der Waals surface area contributed by atoms with E-state index in [-0.39, 0.29) is 27.1 Å². The molecular formula is C19H23ClN2O5S2. The van der Waals surface area contributed by atoms with Crippen molar-refractivity contribution in [2.45, 2.75) is 31.1 Å². The lowest BCUT2D eigenvalue weighted by molar-refractivity contribution is 0.403. The first-order chi connectivity index (χ1) is 13.7. The quantitative estimate of drug-likeness (QED) is 0.683. The molecule has 0 fully saturated rings. The normalized spacial score (nSPS) is 14.4. The molecule has 10 heteroatoms. The second-order valence-corrected chi connectivity index (χ2v) is 10.8. The maximum atomic E-state index is 12.9. The zero-order valence-corrected chi connectivity index (χ0v) is 18.6. The van der Waals surface area contributed by atoms with Gasteiger partial charge in [-0.3, -0.25) is 9.03 Å². The summed E-state index contributed by atoms with van der Waals surface area (Å²) in [7, 11) is -6.08. The van der Waals surface area contributed by atoms with Crippen LogP contribution in [0.15, 0.2) is 41.3 Å². The topological polar surface area (TPSA) is 92.8 Å². The van der Waals surface area contributed by atoms with Crippen LogP contribution in [0.25, 0.3) is 0 Å². The highest BCUT2D eigenvalue weighted by molar-refractivity contribution is 7.93. The smallest absolute Gasteiger partial charge is 0.265 e. The van der Waals surface area contributed by atoms with Crippen LogP contribution in [0.5, 0.6) is 5.75 Å². The summed E-state index contributed by atoms with van der Waals surface area (Å²) in [4.78, 5) is -0.0966. The fourth-order valence-corrected chi connectivity index (χ4v) is 6.43. The minimum atomic E-state index is -4.00. The van der Waals surface area contributed by atoms with Crippen molar-refractivity contribution >= 4 is 43.0 Å². The first-order valence-electron chi connectivity index (χ1n) is 9.17. The largest absolute Gasteiger partial charge is 0.495 e. The lowest BCUT2D eigenvalue weighted by atomic mass is 10.0. The third-order valence-electron chi connectivity index (χ3n) is 4.63. The molecule has 0 radical (unpaired) electrons. The SMILES string of the molecule is CCCS(=O)(=O)N1CCCc2ccc(NS(=O)(=O)c3cc(Cl)ccc3OC)cc21. The standard InChI is InChI=1S/C19H23ClN2O5S2/c1-3-11-28(23,24)22-10-4-5-14-6-8-16(13-17(14)22)21-29(25,26)19-12-15(20)7-9-18(19)27-2/h6-9,12-13,21H,3-5,10-11H2,1-2H3. The van der Waals surface area contributed by atoms with Crippen LogP contribution in [0.4, 0.5) is 11.4 Å². The van der Waals surface area contributed by atoms with Crippen LogP contribution in [0.3, 0.4) is 0 Å². The minimum absolute atomic E-state index is 0.0438. The number of nitrogens with zero attached hydrogens (tertiary/aromatic N) is 1. The minimum Gasteiger partial charge on any atom is -0.495 e. The van der Waals surface area contributed by atoms with Crippen LogP contribution in [-0.4, -0.2) is 36.2 Å². The van der Waals surface area contributed by atoms with Gasteiger partial charge in [0.2, 0.25) is 10.0 Å². The van der Waals surface area contributed by atoms with Gasteiger partial charge in [-0.05, 0) is 55.2 Å². The van der Waals surface area contributed by atoms with Gasteiger partial charge in [0.15, 0.2) is 0 Å². The summed E-state index contributed by atoms with van der Waals surface area (Å²) < 4.78 is 60.1. The van der Waals surface area contributed by atoms with Gasteiger partial charge in [-0.2, -0.15) is 0 Å². The number of ether oxygens (including phenoxy) is 1. The Balaban J connectivity index is 1.99. The Kier molecular flexibility index (Phi) is 6.30. The van der Waals surface area contributed by atoms with Gasteiger partial charge in [0.25, 0.3) is 10.0 Å². The lowest BCUT2D eigenvalue weighted by Gasteiger charge is -2.31. The van der Waals surface area contributed by atoms with E-state index in [1.807, 2.05) is 6.92 Å². The second kappa shape index (κ2) is 8.41. The molecule has 7 nitrogen and oxygen atoms in total. The number of anilines is 2. The van der Waals surface area contributed by atoms with Crippen LogP contribution in [-0.2, 0) is 26.5 Å². The number of rotatable bonds is 7. The Labute approximate surface area is 176 Å². The van der Waals surface area contributed by atoms with Gasteiger partial charge >= 0.3 is 0 Å². The third kappa shape index (κ3) is 4.62. The monoisotopic (exact) mass is 458 g/mol. The van der Waals surface area contributed by atoms with E-state index in [9.17, 15) is 16.8 Å². The Morgan fingerprint density at radius 2 is 1.90 bits per heavy atom. The molecule has 0 aromatic heterocycles. The van der Waals surface area contributed by atoms with Crippen LogP contribution < -0.4 is 13.8 Å². The van der Waals surface area contributed by atoms with Crippen LogP contribution in [0.2, 0.25) is 5.02 Å². The number of hydrogen-bond acceptors (Lipinski definition) is 5. The fourth-order valence-electron chi connectivity index (χ4n) is 3.33. The van der Waals surface area contributed by atoms with E-state index >= 15 is 0 Å². The summed E-state index contributed by atoms with van der Waals surface area (Å²) >= 11 is 5.96. The van der Waals surface area contributed by atoms with Crippen molar-refractivity contribution < 1.29 is 21.6 Å². The van der Waals surface area contributed by atoms with E-state index in [1.165, 1.54) is 29.6 Å². The molecule has 3 rings (SSSR count). The second-order valence-electron chi connectivity index (χ2n) is 6.74. The van der Waals surface area contributed by atoms with E-state index in [1.54, 1.807) is 18.2 Å². The Morgan fingerprint density at radius 1 is 1.14 bits per heavy atom. The van der Waals surface area contributed by atoms with E-state index in [0.717, 1.165) is 18.4 Å². The van der Waals surface area contributed by atoms with Crippen LogP contribution in [0.1, 0.15) is 25.3 Å². The van der Waals surface area contributed by atoms with Gasteiger partial charge in [-0.25, -0.2) is 16.8 Å². The zero-order chi connectivity index (χ0) is 21.2. The third-order valence-corrected chi connectivity index (χ3v) is 8.24. The van der Waals surface area contributed by atoms with Crippen LogP contribution in [0, 0.1) is 0 Å². The lowest BCUT2D eigenvalue weighted by Crippen LogP contribution is -2.37. The number of hydrogen-bond donors (Lipinski definition) is 1. The summed E-state index contributed by atoms with van der Waals surface area (Å²) in [5.74, 6) is 0.203. The molecule has 1 N–H and O–H groups in total. The summed E-state index contributed by atoms with van der Waals surface area (Å²) in [6.45, 7) is 2.19. The number of aryl methyl sites for hydroxylation is 1. The van der Waals surface area contributed by atoms with Crippen molar-refractivity contribution in [3.05, 3.63) is 47.0 Å². The molecule has 1 aliphatic rings. The maximum absolute atomic E-state index is 12.9. The van der Waals surface area contributed by atoms with Gasteiger partial charge in [-0.1, -0.05) is 24.6 Å². The fraction of sp³-hybridized carbons (Fsp3) is 0.368. The molecule has 1 heterocycles. The highest BCUT2D eigenvalue weighted by Gasteiger charge is 2.28. The number of methoxy groups -OCH3 is 1. The van der Waals surface area contributed by atoms with Crippen molar-refractivity contribution in [1.82, 2.24) is 0 Å². The number of sulfonamides is 2. The molecule has 2 aromatic rings. The van der Waals surface area contributed by atoms with Crippen molar-refractivity contribution in [2.24, 2.45) is 0 Å². The summed E-state index contributed by atoms with van der Waals surface area (Å²) in [6.07, 6.45) is 1.97. The molecule has 0 amide bonds. The van der Waals surface area contributed by atoms with E-state index in [0.29, 0.717) is 18.7 Å². The summed E-state index contributed by atoms with van der Waals surface area (Å²) in [5, 5.41) is 0.258. The summed E-state index contributed by atoms with van der Waals surface area (Å²) in [6, 6.07) is 9.27. The molecule has 0 spiro atoms. The predicted molar refractivity (Wildman–Crippen MR) is 115 cm³/mol. The van der Waals surface area contributed by atoms with Crippen molar-refractivity contribution in [3.8, 4) is 5.75 Å². The number of benzene rings is 2. The van der Waals surface area contributed by atoms with Crippen molar-refractivity contribution in [1.29, 1.82) is 0 Å². The average Bonchev–Trinajstić information content (AvgIpc) is 2.67. The Bertz CT molecular complexity index is 1120. The highest BCUT2D eigenvalue weighted by atomic mass is 35.5. The molecule has 0 aliphatic carbocycles. The highest BCUT2D eigenvalue weighted by Crippen LogP contribution is 2.34. The first kappa shape index (κ1) is 21.7. The van der Waals surface area contributed by atoms with Crippen LogP contribution >= 0.6 is 11.6 Å². The zero-order valence-electron chi connectivity index (χ0n) is 16.2. The molecule has 0 atom stereocenters. The molecule has 0 saturated carbocycles. The Hall–Kier alpha value is -1.97. The number of halogens is 1. The number of fused-ring (bicyclic) bond motifs is 1. The number of nitrogens with one attached hydrogen (secondary N) is 1. The maximum Gasteiger partial charge on any atom is 0.265 e. The van der Waals surface area contributed by atoms with Crippen molar-refractivity contribution in [2.75, 3.05) is 28.4 Å². The van der Waals surface area contributed by atoms with Gasteiger partial charge in [-0.15, -0.1) is 0 Å². The molecule has 0 bridgehead atoms. The van der Waals surface area contributed by atoms with Gasteiger partial charge in [0, 0.05) is 11.6 Å². The molecule has 0 unspecified atom stereocenters. The van der Waals surface area contributed by atoms with Crippen molar-refractivity contribution in [3.63, 3.8) is 0 Å². The molecule has 1 aliphatic heterocycles. The molecule has 158 valence electrons. The summed E-state index contributed by atoms with van der Waals surface area (Å²) in [5.41, 5.74) is 1.66. The molecule has 0 saturated heterocycles. The molecular weight excluding hydrogens is 436 g/mol. The van der Waals surface area contributed by atoms with Gasteiger partial charge in [0.05, 0.1) is 24.2 Å². The van der Waals surface area contributed by atoms with E-state index in [4.69, 9.17) is 16.3 Å². The van der Waals surface area contributed by atoms with Gasteiger partial charge in [0.1, 0.15) is 10.6 Å².